The van der Waals surface area contributed by atoms with Gasteiger partial charge in [-0.3, -0.25) is 0 Å². The Labute approximate surface area is 106 Å². The molecular weight excluding hydrogens is 269 g/mol. The zero-order valence-electron chi connectivity index (χ0n) is 9.92. The van der Waals surface area contributed by atoms with Crippen LogP contribution < -0.4 is 4.90 Å². The molecule has 90 valence electrons. The van der Waals surface area contributed by atoms with E-state index in [1.165, 1.54) is 12.5 Å². The first kappa shape index (κ1) is 13.5. The van der Waals surface area contributed by atoms with Crippen LogP contribution in [0, 0.1) is 11.7 Å². The van der Waals surface area contributed by atoms with Crippen LogP contribution >= 0.6 is 15.9 Å². The van der Waals surface area contributed by atoms with E-state index in [0.29, 0.717) is 11.6 Å². The number of hydrogen-bond donors (Lipinski definition) is 0. The molecule has 0 saturated carbocycles. The molecule has 0 aliphatic heterocycles. The number of anilines is 1. The van der Waals surface area contributed by atoms with Gasteiger partial charge in [-0.1, -0.05) is 35.0 Å². The summed E-state index contributed by atoms with van der Waals surface area (Å²) in [7, 11) is 1.94. The molecule has 16 heavy (non-hydrogen) atoms. The minimum atomic E-state index is -0.141. The highest BCUT2D eigenvalue weighted by molar-refractivity contribution is 9.09. The smallest absolute Gasteiger partial charge is 0.146 e. The largest absolute Gasteiger partial charge is 0.372 e. The standard InChI is InChI=1S/C13H19BrFN/c1-11(7-9-14)8-10-16(2)13-6-4-3-5-12(13)15/h3-6,11H,7-10H2,1-2H3. The highest BCUT2D eigenvalue weighted by Gasteiger charge is 2.08. The van der Waals surface area contributed by atoms with Crippen LogP contribution in [0.1, 0.15) is 19.8 Å². The van der Waals surface area contributed by atoms with Crippen molar-refractivity contribution in [3.05, 3.63) is 30.1 Å². The van der Waals surface area contributed by atoms with Crippen LogP contribution in [0.2, 0.25) is 0 Å². The first-order valence-corrected chi connectivity index (χ1v) is 6.79. The fourth-order valence-electron chi connectivity index (χ4n) is 1.63. The van der Waals surface area contributed by atoms with Crippen molar-refractivity contribution in [1.82, 2.24) is 0 Å². The molecule has 1 aromatic carbocycles. The molecule has 0 saturated heterocycles. The summed E-state index contributed by atoms with van der Waals surface area (Å²) in [6.07, 6.45) is 2.27. The normalized spacial score (nSPS) is 12.5. The maximum absolute atomic E-state index is 13.5. The van der Waals surface area contributed by atoms with E-state index in [-0.39, 0.29) is 5.82 Å². The molecule has 0 fully saturated rings. The van der Waals surface area contributed by atoms with E-state index in [1.54, 1.807) is 6.07 Å². The molecule has 3 heteroatoms. The fourth-order valence-corrected chi connectivity index (χ4v) is 2.41. The van der Waals surface area contributed by atoms with E-state index in [2.05, 4.69) is 22.9 Å². The van der Waals surface area contributed by atoms with Gasteiger partial charge in [0.2, 0.25) is 0 Å². The number of para-hydroxylation sites is 1. The van der Waals surface area contributed by atoms with Gasteiger partial charge in [-0.05, 0) is 30.9 Å². The maximum Gasteiger partial charge on any atom is 0.146 e. The van der Waals surface area contributed by atoms with Crippen LogP contribution in [0.25, 0.3) is 0 Å². The second-order valence-electron chi connectivity index (χ2n) is 4.24. The van der Waals surface area contributed by atoms with Crippen LogP contribution in [-0.4, -0.2) is 18.9 Å². The summed E-state index contributed by atoms with van der Waals surface area (Å²) in [5.74, 6) is 0.534. The Morgan fingerprint density at radius 2 is 2.00 bits per heavy atom. The molecule has 0 amide bonds. The van der Waals surface area contributed by atoms with E-state index in [1.807, 2.05) is 24.1 Å². The molecule has 0 aliphatic carbocycles. The Kier molecular flexibility index (Phi) is 5.81. The van der Waals surface area contributed by atoms with Gasteiger partial charge in [0.05, 0.1) is 5.69 Å². The Bertz CT molecular complexity index is 317. The molecular formula is C13H19BrFN. The van der Waals surface area contributed by atoms with Gasteiger partial charge in [0.1, 0.15) is 5.82 Å². The molecule has 0 radical (unpaired) electrons. The summed E-state index contributed by atoms with van der Waals surface area (Å²) in [6.45, 7) is 3.13. The van der Waals surface area contributed by atoms with Crippen molar-refractivity contribution in [2.75, 3.05) is 23.8 Å². The van der Waals surface area contributed by atoms with Gasteiger partial charge < -0.3 is 4.90 Å². The number of alkyl halides is 1. The second kappa shape index (κ2) is 6.89. The second-order valence-corrected chi connectivity index (χ2v) is 5.04. The molecule has 1 atom stereocenters. The SMILES string of the molecule is CC(CCBr)CCN(C)c1ccccc1F. The molecule has 0 spiro atoms. The Morgan fingerprint density at radius 3 is 2.62 bits per heavy atom. The number of hydrogen-bond acceptors (Lipinski definition) is 1. The molecule has 0 aromatic heterocycles. The monoisotopic (exact) mass is 287 g/mol. The molecule has 1 nitrogen and oxygen atoms in total. The third-order valence-corrected chi connectivity index (χ3v) is 3.28. The lowest BCUT2D eigenvalue weighted by Crippen LogP contribution is -2.21. The lowest BCUT2D eigenvalue weighted by molar-refractivity contribution is 0.520. The van der Waals surface area contributed by atoms with Crippen LogP contribution in [0.5, 0.6) is 0 Å². The molecule has 0 N–H and O–H groups in total. The number of halogens is 2. The molecule has 1 unspecified atom stereocenters. The average Bonchev–Trinajstić information content (AvgIpc) is 2.27. The Hall–Kier alpha value is -0.570. The van der Waals surface area contributed by atoms with E-state index in [9.17, 15) is 4.39 Å². The van der Waals surface area contributed by atoms with Crippen molar-refractivity contribution in [2.24, 2.45) is 5.92 Å². The lowest BCUT2D eigenvalue weighted by Gasteiger charge is -2.21. The number of nitrogens with zero attached hydrogens (tertiary/aromatic N) is 1. The van der Waals surface area contributed by atoms with Gasteiger partial charge in [0, 0.05) is 18.9 Å². The third-order valence-electron chi connectivity index (χ3n) is 2.82. The highest BCUT2D eigenvalue weighted by Crippen LogP contribution is 2.18. The molecule has 0 bridgehead atoms. The van der Waals surface area contributed by atoms with Crippen molar-refractivity contribution < 1.29 is 4.39 Å². The summed E-state index contributed by atoms with van der Waals surface area (Å²) in [4.78, 5) is 1.99. The number of benzene rings is 1. The summed E-state index contributed by atoms with van der Waals surface area (Å²) in [6, 6.07) is 6.93. The third kappa shape index (κ3) is 4.12. The Balaban J connectivity index is 2.46. The van der Waals surface area contributed by atoms with Crippen molar-refractivity contribution in [3.8, 4) is 0 Å². The number of rotatable bonds is 6. The Morgan fingerprint density at radius 1 is 1.31 bits per heavy atom. The van der Waals surface area contributed by atoms with Gasteiger partial charge >= 0.3 is 0 Å². The summed E-state index contributed by atoms with van der Waals surface area (Å²) in [5, 5.41) is 1.04. The van der Waals surface area contributed by atoms with Crippen LogP contribution in [0.4, 0.5) is 10.1 Å². The van der Waals surface area contributed by atoms with Gasteiger partial charge in [-0.15, -0.1) is 0 Å². The van der Waals surface area contributed by atoms with Crippen molar-refractivity contribution in [1.29, 1.82) is 0 Å². The molecule has 1 rings (SSSR count). The minimum absolute atomic E-state index is 0.141. The van der Waals surface area contributed by atoms with Crippen LogP contribution in [-0.2, 0) is 0 Å². The summed E-state index contributed by atoms with van der Waals surface area (Å²) in [5.41, 5.74) is 0.688. The van der Waals surface area contributed by atoms with Crippen LogP contribution in [0.15, 0.2) is 24.3 Å². The van der Waals surface area contributed by atoms with Crippen LogP contribution in [0.3, 0.4) is 0 Å². The van der Waals surface area contributed by atoms with Gasteiger partial charge in [0.25, 0.3) is 0 Å². The predicted octanol–water partition coefficient (Wildman–Crippen LogP) is 4.07. The minimum Gasteiger partial charge on any atom is -0.372 e. The fraction of sp³-hybridized carbons (Fsp3) is 0.538. The highest BCUT2D eigenvalue weighted by atomic mass is 79.9. The van der Waals surface area contributed by atoms with E-state index < -0.39 is 0 Å². The van der Waals surface area contributed by atoms with Crippen molar-refractivity contribution >= 4 is 21.6 Å². The summed E-state index contributed by atoms with van der Waals surface area (Å²) < 4.78 is 13.5. The van der Waals surface area contributed by atoms with Gasteiger partial charge in [-0.25, -0.2) is 4.39 Å². The van der Waals surface area contributed by atoms with Crippen molar-refractivity contribution in [3.63, 3.8) is 0 Å². The van der Waals surface area contributed by atoms with E-state index in [0.717, 1.165) is 18.3 Å². The van der Waals surface area contributed by atoms with Gasteiger partial charge in [-0.2, -0.15) is 0 Å². The molecule has 1 aromatic rings. The van der Waals surface area contributed by atoms with E-state index in [4.69, 9.17) is 0 Å². The summed E-state index contributed by atoms with van der Waals surface area (Å²) >= 11 is 3.44. The van der Waals surface area contributed by atoms with Gasteiger partial charge in [0.15, 0.2) is 0 Å². The molecule has 0 aliphatic rings. The topological polar surface area (TPSA) is 3.24 Å². The zero-order chi connectivity index (χ0) is 12.0. The molecule has 0 heterocycles. The van der Waals surface area contributed by atoms with Crippen molar-refractivity contribution in [2.45, 2.75) is 19.8 Å². The quantitative estimate of drug-likeness (QED) is 0.713. The average molecular weight is 288 g/mol. The predicted molar refractivity (Wildman–Crippen MR) is 71.9 cm³/mol. The maximum atomic E-state index is 13.5. The van der Waals surface area contributed by atoms with E-state index >= 15 is 0 Å². The lowest BCUT2D eigenvalue weighted by atomic mass is 10.1. The first-order valence-electron chi connectivity index (χ1n) is 5.66. The zero-order valence-corrected chi connectivity index (χ0v) is 11.5. The first-order chi connectivity index (χ1) is 7.65.